The minimum absolute atomic E-state index is 0.126. The predicted octanol–water partition coefficient (Wildman–Crippen LogP) is 1.86. The van der Waals surface area contributed by atoms with E-state index in [0.717, 1.165) is 14.7 Å². The van der Waals surface area contributed by atoms with Crippen molar-refractivity contribution in [3.05, 3.63) is 32.9 Å². The van der Waals surface area contributed by atoms with E-state index >= 15 is 0 Å². The molecule has 1 aromatic rings. The van der Waals surface area contributed by atoms with Crippen molar-refractivity contribution in [2.45, 2.75) is 0 Å². The number of fused-ring (bicyclic) bond motifs is 1. The molecule has 2 rings (SSSR count). The number of hydrogen-bond donors (Lipinski definition) is 0. The van der Waals surface area contributed by atoms with Crippen LogP contribution in [0.3, 0.4) is 0 Å². The average molecular weight is 257 g/mol. The van der Waals surface area contributed by atoms with Crippen LogP contribution >= 0.6 is 22.6 Å². The van der Waals surface area contributed by atoms with Crippen molar-refractivity contribution in [2.24, 2.45) is 4.99 Å². The van der Waals surface area contributed by atoms with E-state index in [1.54, 1.807) is 6.21 Å². The van der Waals surface area contributed by atoms with Crippen LogP contribution in [-0.2, 0) is 0 Å². The van der Waals surface area contributed by atoms with Gasteiger partial charge in [0.05, 0.1) is 5.56 Å². The fourth-order valence-electron chi connectivity index (χ4n) is 1.02. The van der Waals surface area contributed by atoms with Crippen molar-refractivity contribution < 1.29 is 4.79 Å². The summed E-state index contributed by atoms with van der Waals surface area (Å²) in [7, 11) is 0. The van der Waals surface area contributed by atoms with Crippen molar-refractivity contribution in [1.82, 2.24) is 0 Å². The maximum atomic E-state index is 11.0. The Morgan fingerprint density at radius 1 is 1.36 bits per heavy atom. The topological polar surface area (TPSA) is 29.4 Å². The molecule has 54 valence electrons. The third-order valence-corrected chi connectivity index (χ3v) is 2.24. The molecular weight excluding hydrogens is 253 g/mol. The summed E-state index contributed by atoms with van der Waals surface area (Å²) < 4.78 is 1.07. The molecule has 3 heteroatoms. The van der Waals surface area contributed by atoms with Crippen LogP contribution in [0.5, 0.6) is 0 Å². The normalized spacial score (nSPS) is 13.7. The lowest BCUT2D eigenvalue weighted by Gasteiger charge is -1.94. The van der Waals surface area contributed by atoms with Crippen LogP contribution in [0.25, 0.3) is 0 Å². The number of nitrogens with zero attached hydrogens (tertiary/aromatic N) is 1. The number of carbonyl (C=O) groups excluding carboxylic acids is 1. The highest BCUT2D eigenvalue weighted by molar-refractivity contribution is 14.1. The van der Waals surface area contributed by atoms with E-state index in [1.165, 1.54) is 0 Å². The van der Waals surface area contributed by atoms with Gasteiger partial charge >= 0.3 is 0 Å². The third-order valence-electron chi connectivity index (χ3n) is 1.57. The zero-order valence-corrected chi connectivity index (χ0v) is 7.70. The molecule has 0 fully saturated rings. The Labute approximate surface area is 77.5 Å². The minimum Gasteiger partial charge on any atom is -0.267 e. The lowest BCUT2D eigenvalue weighted by atomic mass is 10.1. The van der Waals surface area contributed by atoms with Crippen molar-refractivity contribution in [2.75, 3.05) is 0 Å². The first-order valence-corrected chi connectivity index (χ1v) is 4.23. The smallest absolute Gasteiger partial charge is 0.267 e. The Kier molecular flexibility index (Phi) is 1.52. The first-order chi connectivity index (χ1) is 5.27. The van der Waals surface area contributed by atoms with E-state index in [9.17, 15) is 4.79 Å². The molecule has 0 unspecified atom stereocenters. The SMILES string of the molecule is O=C1N=Cc2ccc(I)cc21. The quantitative estimate of drug-likeness (QED) is 0.652. The van der Waals surface area contributed by atoms with Crippen molar-refractivity contribution in [3.8, 4) is 0 Å². The van der Waals surface area contributed by atoms with Gasteiger partial charge in [-0.1, -0.05) is 6.07 Å². The summed E-state index contributed by atoms with van der Waals surface area (Å²) in [6, 6.07) is 5.72. The molecule has 0 aromatic heterocycles. The number of amides is 1. The van der Waals surface area contributed by atoms with Gasteiger partial charge in [0, 0.05) is 15.3 Å². The second-order valence-corrected chi connectivity index (χ2v) is 3.54. The van der Waals surface area contributed by atoms with Crippen LogP contribution in [0.2, 0.25) is 0 Å². The van der Waals surface area contributed by atoms with Gasteiger partial charge in [0.15, 0.2) is 0 Å². The van der Waals surface area contributed by atoms with E-state index in [2.05, 4.69) is 27.6 Å². The highest BCUT2D eigenvalue weighted by Gasteiger charge is 2.14. The van der Waals surface area contributed by atoms with Crippen LogP contribution in [0.4, 0.5) is 0 Å². The molecule has 0 aliphatic carbocycles. The van der Waals surface area contributed by atoms with E-state index in [4.69, 9.17) is 0 Å². The highest BCUT2D eigenvalue weighted by atomic mass is 127. The number of aliphatic imine (C=N–C) groups is 1. The van der Waals surface area contributed by atoms with E-state index < -0.39 is 0 Å². The zero-order chi connectivity index (χ0) is 7.84. The second-order valence-electron chi connectivity index (χ2n) is 2.29. The van der Waals surface area contributed by atoms with Crippen molar-refractivity contribution >= 4 is 34.7 Å². The molecule has 0 radical (unpaired) electrons. The van der Waals surface area contributed by atoms with Gasteiger partial charge in [-0.25, -0.2) is 4.99 Å². The van der Waals surface area contributed by atoms with Gasteiger partial charge in [-0.05, 0) is 34.7 Å². The molecular formula is C8H4INO. The Bertz CT molecular complexity index is 357. The summed E-state index contributed by atoms with van der Waals surface area (Å²) in [6.45, 7) is 0. The maximum absolute atomic E-state index is 11.0. The van der Waals surface area contributed by atoms with Crippen LogP contribution in [0.1, 0.15) is 15.9 Å². The van der Waals surface area contributed by atoms with Crippen LogP contribution < -0.4 is 0 Å². The largest absolute Gasteiger partial charge is 0.277 e. The van der Waals surface area contributed by atoms with Gasteiger partial charge in [0.25, 0.3) is 5.91 Å². The first-order valence-electron chi connectivity index (χ1n) is 3.15. The Morgan fingerprint density at radius 2 is 2.18 bits per heavy atom. The molecule has 2 nitrogen and oxygen atoms in total. The first kappa shape index (κ1) is 6.97. The molecule has 1 aliphatic rings. The Balaban J connectivity index is 2.67. The Morgan fingerprint density at radius 3 is 3.00 bits per heavy atom. The summed E-state index contributed by atoms with van der Waals surface area (Å²) in [5, 5.41) is 0. The summed E-state index contributed by atoms with van der Waals surface area (Å²) in [4.78, 5) is 14.7. The van der Waals surface area contributed by atoms with Gasteiger partial charge in [0.1, 0.15) is 0 Å². The van der Waals surface area contributed by atoms with Crippen LogP contribution in [0, 0.1) is 3.57 Å². The van der Waals surface area contributed by atoms with E-state index in [-0.39, 0.29) is 5.91 Å². The minimum atomic E-state index is -0.126. The number of halogens is 1. The third kappa shape index (κ3) is 1.09. The number of benzene rings is 1. The van der Waals surface area contributed by atoms with Crippen molar-refractivity contribution in [3.63, 3.8) is 0 Å². The summed E-state index contributed by atoms with van der Waals surface area (Å²) in [5.74, 6) is -0.126. The molecule has 0 bridgehead atoms. The molecule has 1 aliphatic heterocycles. The van der Waals surface area contributed by atoms with E-state index in [1.807, 2.05) is 18.2 Å². The van der Waals surface area contributed by atoms with Gasteiger partial charge in [0.2, 0.25) is 0 Å². The molecule has 1 aromatic carbocycles. The average Bonchev–Trinajstić information content (AvgIpc) is 2.33. The summed E-state index contributed by atoms with van der Waals surface area (Å²) >= 11 is 2.18. The monoisotopic (exact) mass is 257 g/mol. The van der Waals surface area contributed by atoms with Gasteiger partial charge in [-0.3, -0.25) is 4.79 Å². The molecule has 11 heavy (non-hydrogen) atoms. The van der Waals surface area contributed by atoms with Crippen LogP contribution in [0.15, 0.2) is 23.2 Å². The molecule has 0 N–H and O–H groups in total. The van der Waals surface area contributed by atoms with Gasteiger partial charge in [-0.2, -0.15) is 0 Å². The standard InChI is InChI=1S/C8H4INO/c9-6-2-1-5-4-10-8(11)7(5)3-6/h1-4H. The maximum Gasteiger partial charge on any atom is 0.277 e. The zero-order valence-electron chi connectivity index (χ0n) is 5.54. The Hall–Kier alpha value is -0.710. The fraction of sp³-hybridized carbons (Fsp3) is 0. The molecule has 1 heterocycles. The number of rotatable bonds is 0. The van der Waals surface area contributed by atoms with Crippen LogP contribution in [-0.4, -0.2) is 12.1 Å². The number of hydrogen-bond acceptors (Lipinski definition) is 1. The van der Waals surface area contributed by atoms with Gasteiger partial charge < -0.3 is 0 Å². The van der Waals surface area contributed by atoms with E-state index in [0.29, 0.717) is 0 Å². The highest BCUT2D eigenvalue weighted by Crippen LogP contribution is 2.17. The summed E-state index contributed by atoms with van der Waals surface area (Å²) in [6.07, 6.45) is 1.60. The molecule has 0 saturated heterocycles. The lowest BCUT2D eigenvalue weighted by molar-refractivity contribution is 0.101. The molecule has 1 amide bonds. The fourth-order valence-corrected chi connectivity index (χ4v) is 1.52. The molecule has 0 saturated carbocycles. The predicted molar refractivity (Wildman–Crippen MR) is 51.1 cm³/mol. The van der Waals surface area contributed by atoms with Gasteiger partial charge in [-0.15, -0.1) is 0 Å². The van der Waals surface area contributed by atoms with Crippen molar-refractivity contribution in [1.29, 1.82) is 0 Å². The number of carbonyl (C=O) groups is 1. The molecule has 0 atom stereocenters. The lowest BCUT2D eigenvalue weighted by Crippen LogP contribution is -1.91. The summed E-state index contributed by atoms with van der Waals surface area (Å²) in [5.41, 5.74) is 1.65. The second kappa shape index (κ2) is 2.41. The molecule has 0 spiro atoms.